The minimum atomic E-state index is -0.656. The van der Waals surface area contributed by atoms with Crippen molar-refractivity contribution in [3.05, 3.63) is 73.0 Å². The van der Waals surface area contributed by atoms with E-state index in [-0.39, 0.29) is 5.41 Å². The molecule has 3 aromatic rings. The molecule has 2 aromatic carbocycles. The molecule has 0 aliphatic rings. The van der Waals surface area contributed by atoms with Gasteiger partial charge in [-0.3, -0.25) is 4.57 Å². The van der Waals surface area contributed by atoms with Crippen molar-refractivity contribution in [2.45, 2.75) is 46.1 Å². The fraction of sp³-hybridized carbons (Fsp3) is 0.364. The fourth-order valence-corrected chi connectivity index (χ4v) is 3.90. The molecule has 0 aliphatic carbocycles. The van der Waals surface area contributed by atoms with Crippen LogP contribution in [0.4, 0.5) is 0 Å². The van der Waals surface area contributed by atoms with E-state index in [9.17, 15) is 9.59 Å². The number of aryl methyl sites for hydroxylation is 2. The Morgan fingerprint density at radius 2 is 1.79 bits per heavy atom. The molecule has 0 amide bonds. The number of fused-ring (bicyclic) bond motifs is 1. The number of halogens is 1. The van der Waals surface area contributed by atoms with E-state index in [0.29, 0.717) is 34.9 Å². The van der Waals surface area contributed by atoms with E-state index >= 15 is 0 Å². The minimum absolute atomic E-state index is 0.101. The zero-order valence-electron chi connectivity index (χ0n) is 16.5. The molecule has 1 aromatic heterocycles. The van der Waals surface area contributed by atoms with E-state index in [1.165, 1.54) is 10.1 Å². The normalized spacial score (nSPS) is 11.8. The molecule has 0 radical (unpaired) electrons. The Kier molecular flexibility index (Phi) is 5.79. The van der Waals surface area contributed by atoms with Crippen LogP contribution < -0.4 is 16.1 Å². The molecule has 0 saturated heterocycles. The van der Waals surface area contributed by atoms with Crippen LogP contribution in [0.1, 0.15) is 38.3 Å². The van der Waals surface area contributed by atoms with Crippen molar-refractivity contribution in [2.75, 3.05) is 6.61 Å². The van der Waals surface area contributed by atoms with Gasteiger partial charge < -0.3 is 9.15 Å². The summed E-state index contributed by atoms with van der Waals surface area (Å²) in [5, 5.41) is 0.394. The Balaban J connectivity index is 1.73. The lowest BCUT2D eigenvalue weighted by atomic mass is 9.87. The molecule has 5 nitrogen and oxygen atoms in total. The summed E-state index contributed by atoms with van der Waals surface area (Å²) in [5.41, 5.74) is 2.21. The van der Waals surface area contributed by atoms with Crippen LogP contribution in [0.3, 0.4) is 0 Å². The van der Waals surface area contributed by atoms with Gasteiger partial charge in [0, 0.05) is 11.0 Å². The Bertz CT molecular complexity index is 1100. The molecule has 0 N–H and O–H groups in total. The second-order valence-electron chi connectivity index (χ2n) is 7.93. The molecular formula is C22H24BrNO4. The van der Waals surface area contributed by atoms with Gasteiger partial charge >= 0.3 is 11.4 Å². The van der Waals surface area contributed by atoms with Crippen LogP contribution in [-0.4, -0.2) is 11.2 Å². The van der Waals surface area contributed by atoms with Crippen molar-refractivity contribution in [3.8, 4) is 5.75 Å². The highest BCUT2D eigenvalue weighted by molar-refractivity contribution is 9.10. The predicted molar refractivity (Wildman–Crippen MR) is 114 cm³/mol. The third-order valence-electron chi connectivity index (χ3n) is 4.61. The third kappa shape index (κ3) is 4.38. The summed E-state index contributed by atoms with van der Waals surface area (Å²) in [4.78, 5) is 24.3. The molecule has 0 aliphatic heterocycles. The maximum atomic E-state index is 12.2. The summed E-state index contributed by atoms with van der Waals surface area (Å²) in [7, 11) is 0. The van der Waals surface area contributed by atoms with E-state index < -0.39 is 11.4 Å². The highest BCUT2D eigenvalue weighted by atomic mass is 79.9. The van der Waals surface area contributed by atoms with Gasteiger partial charge in [0.15, 0.2) is 0 Å². The lowest BCUT2D eigenvalue weighted by Gasteiger charge is -2.19. The first kappa shape index (κ1) is 20.4. The van der Waals surface area contributed by atoms with Crippen LogP contribution in [0.2, 0.25) is 0 Å². The number of nitrogens with zero attached hydrogens (tertiary/aromatic N) is 1. The zero-order valence-corrected chi connectivity index (χ0v) is 18.1. The molecule has 148 valence electrons. The van der Waals surface area contributed by atoms with Crippen molar-refractivity contribution in [1.29, 1.82) is 0 Å². The van der Waals surface area contributed by atoms with E-state index in [1.54, 1.807) is 6.07 Å². The lowest BCUT2D eigenvalue weighted by molar-refractivity contribution is 0.296. The van der Waals surface area contributed by atoms with Gasteiger partial charge in [-0.25, -0.2) is 9.59 Å². The molecule has 1 heterocycles. The largest absolute Gasteiger partial charge is 0.494 e. The third-order valence-corrected chi connectivity index (χ3v) is 5.22. The average Bonchev–Trinajstić information content (AvgIpc) is 2.61. The maximum absolute atomic E-state index is 12.2. The first-order valence-electron chi connectivity index (χ1n) is 9.24. The summed E-state index contributed by atoms with van der Waals surface area (Å²) >= 11 is 3.46. The molecule has 0 unspecified atom stereocenters. The predicted octanol–water partition coefficient (Wildman–Crippen LogP) is 4.79. The van der Waals surface area contributed by atoms with Gasteiger partial charge in [0.2, 0.25) is 0 Å². The number of rotatable bonds is 5. The average molecular weight is 446 g/mol. The molecule has 28 heavy (non-hydrogen) atoms. The maximum Gasteiger partial charge on any atom is 0.422 e. The monoisotopic (exact) mass is 445 g/mol. The topological polar surface area (TPSA) is 61.4 Å². The molecular weight excluding hydrogens is 422 g/mol. The van der Waals surface area contributed by atoms with Gasteiger partial charge in [-0.1, -0.05) is 32.9 Å². The Labute approximate surface area is 172 Å². The van der Waals surface area contributed by atoms with E-state index in [2.05, 4.69) is 48.8 Å². The van der Waals surface area contributed by atoms with Crippen molar-refractivity contribution < 1.29 is 9.15 Å². The van der Waals surface area contributed by atoms with Gasteiger partial charge in [0.1, 0.15) is 5.75 Å². The van der Waals surface area contributed by atoms with Crippen molar-refractivity contribution in [1.82, 2.24) is 4.57 Å². The zero-order chi connectivity index (χ0) is 20.5. The van der Waals surface area contributed by atoms with Crippen molar-refractivity contribution >= 4 is 26.8 Å². The Morgan fingerprint density at radius 3 is 2.43 bits per heavy atom. The lowest BCUT2D eigenvalue weighted by Crippen LogP contribution is -2.26. The molecule has 0 atom stereocenters. The molecule has 0 bridgehead atoms. The van der Waals surface area contributed by atoms with E-state index in [4.69, 9.17) is 9.15 Å². The van der Waals surface area contributed by atoms with Crippen LogP contribution >= 0.6 is 15.9 Å². The Morgan fingerprint density at radius 1 is 1.11 bits per heavy atom. The van der Waals surface area contributed by atoms with Crippen LogP contribution in [-0.2, 0) is 12.0 Å². The summed E-state index contributed by atoms with van der Waals surface area (Å²) in [6.45, 7) is 9.23. The SMILES string of the molecule is Cc1cc(Br)c2c(c1)c(=O)oc(=O)n2CCCOc1ccc(C(C)(C)C)cc1. The van der Waals surface area contributed by atoms with E-state index in [0.717, 1.165) is 11.3 Å². The molecule has 6 heteroatoms. The fourth-order valence-electron chi connectivity index (χ4n) is 3.11. The summed E-state index contributed by atoms with van der Waals surface area (Å²) < 4.78 is 12.9. The minimum Gasteiger partial charge on any atom is -0.494 e. The first-order valence-corrected chi connectivity index (χ1v) is 10.0. The van der Waals surface area contributed by atoms with E-state index in [1.807, 2.05) is 25.1 Å². The first-order chi connectivity index (χ1) is 13.2. The van der Waals surface area contributed by atoms with Crippen LogP contribution in [0.15, 0.2) is 54.9 Å². The van der Waals surface area contributed by atoms with Crippen LogP contribution in [0, 0.1) is 6.92 Å². The van der Waals surface area contributed by atoms with Gasteiger partial charge in [-0.15, -0.1) is 0 Å². The summed E-state index contributed by atoms with van der Waals surface area (Å²) in [6.07, 6.45) is 0.601. The number of hydrogen-bond donors (Lipinski definition) is 0. The van der Waals surface area contributed by atoms with Crippen LogP contribution in [0.25, 0.3) is 10.9 Å². The number of ether oxygens (including phenoxy) is 1. The molecule has 3 rings (SSSR count). The molecule has 0 fully saturated rings. The second-order valence-corrected chi connectivity index (χ2v) is 8.78. The highest BCUT2D eigenvalue weighted by Gasteiger charge is 2.14. The van der Waals surface area contributed by atoms with Crippen LogP contribution in [0.5, 0.6) is 5.75 Å². The van der Waals surface area contributed by atoms with Gasteiger partial charge in [-0.2, -0.15) is 0 Å². The molecule has 0 spiro atoms. The highest BCUT2D eigenvalue weighted by Crippen LogP contribution is 2.25. The van der Waals surface area contributed by atoms with Crippen molar-refractivity contribution in [2.24, 2.45) is 0 Å². The second kappa shape index (κ2) is 7.95. The smallest absolute Gasteiger partial charge is 0.422 e. The van der Waals surface area contributed by atoms with Gasteiger partial charge in [0.25, 0.3) is 0 Å². The summed E-state index contributed by atoms with van der Waals surface area (Å²) in [6, 6.07) is 11.7. The van der Waals surface area contributed by atoms with Gasteiger partial charge in [-0.05, 0) is 70.1 Å². The number of aromatic nitrogens is 1. The number of benzene rings is 2. The molecule has 0 saturated carbocycles. The quantitative estimate of drug-likeness (QED) is 0.529. The summed E-state index contributed by atoms with van der Waals surface area (Å²) in [5.74, 6) is 0.137. The van der Waals surface area contributed by atoms with Crippen molar-refractivity contribution in [3.63, 3.8) is 0 Å². The Hall–Kier alpha value is -2.34. The standard InChI is InChI=1S/C22H24BrNO4/c1-14-12-17-19(18(23)13-14)24(21(26)28-20(17)25)10-5-11-27-16-8-6-15(7-9-16)22(2,3)4/h6-9,12-13H,5,10-11H2,1-4H3. The number of hydrogen-bond acceptors (Lipinski definition) is 4. The van der Waals surface area contributed by atoms with Gasteiger partial charge in [0.05, 0.1) is 17.5 Å².